The molecule has 1 aromatic heterocycles. The average molecular weight is 391 g/mol. The van der Waals surface area contributed by atoms with Gasteiger partial charge in [0.15, 0.2) is 0 Å². The van der Waals surface area contributed by atoms with Gasteiger partial charge in [0.05, 0.1) is 12.3 Å². The summed E-state index contributed by atoms with van der Waals surface area (Å²) in [5.41, 5.74) is 0.801. The minimum Gasteiger partial charge on any atom is -0.473 e. The lowest BCUT2D eigenvalue weighted by molar-refractivity contribution is 0.345. The first-order chi connectivity index (χ1) is 11.4. The summed E-state index contributed by atoms with van der Waals surface area (Å²) in [6.45, 7) is 12.5. The van der Waals surface area contributed by atoms with Crippen LogP contribution in [0.1, 0.15) is 51.6 Å². The van der Waals surface area contributed by atoms with Gasteiger partial charge in [0.1, 0.15) is 12.4 Å². The van der Waals surface area contributed by atoms with Crippen molar-refractivity contribution in [3.05, 3.63) is 30.2 Å². The Labute approximate surface area is 153 Å². The predicted octanol–water partition coefficient (Wildman–Crippen LogP) is 5.69. The van der Waals surface area contributed by atoms with Gasteiger partial charge in [-0.1, -0.05) is 56.2 Å². The predicted molar refractivity (Wildman–Crippen MR) is 105 cm³/mol. The van der Waals surface area contributed by atoms with Crippen molar-refractivity contribution in [2.45, 2.75) is 45.8 Å². The highest BCUT2D eigenvalue weighted by Gasteiger charge is 2.24. The lowest BCUT2D eigenvalue weighted by atomic mass is 10.2. The second kappa shape index (κ2) is 11.2. The molecule has 136 valence electrons. The minimum absolute atomic E-state index is 0.189. The van der Waals surface area contributed by atoms with E-state index < -0.39 is 5.77 Å². The first-order valence-corrected chi connectivity index (χ1v) is 12.9. The van der Waals surface area contributed by atoms with Crippen LogP contribution in [0.25, 0.3) is 0 Å². The number of rotatable bonds is 12. The molecule has 1 heterocycles. The summed E-state index contributed by atoms with van der Waals surface area (Å²) in [6, 6.07) is 1.79. The molecule has 0 saturated carbocycles. The number of ether oxygens (including phenoxy) is 1. The van der Waals surface area contributed by atoms with Gasteiger partial charge in [0, 0.05) is 23.5 Å². The van der Waals surface area contributed by atoms with Gasteiger partial charge in [-0.25, -0.2) is 4.98 Å². The Bertz CT molecular complexity index is 570. The largest absolute Gasteiger partial charge is 0.473 e. The van der Waals surface area contributed by atoms with Crippen LogP contribution in [0.3, 0.4) is 0 Å². The molecule has 0 saturated heterocycles. The van der Waals surface area contributed by atoms with E-state index in [1.807, 2.05) is 20.8 Å². The first kappa shape index (κ1) is 21.6. The van der Waals surface area contributed by atoms with E-state index in [-0.39, 0.29) is 5.92 Å². The van der Waals surface area contributed by atoms with E-state index in [1.165, 1.54) is 22.8 Å². The monoisotopic (exact) mass is 390 g/mol. The summed E-state index contributed by atoms with van der Waals surface area (Å²) < 4.78 is 23.9. The van der Waals surface area contributed by atoms with Gasteiger partial charge < -0.3 is 9.26 Å². The molecule has 0 aliphatic heterocycles. The SMILES string of the molecule is C=CCOc1cc(CSP(=O)(OCC)SCCC)nc(C(C)C)n1. The van der Waals surface area contributed by atoms with Crippen LogP contribution in [0.15, 0.2) is 18.7 Å². The third kappa shape index (κ3) is 7.60. The average Bonchev–Trinajstić information content (AvgIpc) is 2.56. The van der Waals surface area contributed by atoms with Crippen LogP contribution in [0.5, 0.6) is 5.88 Å². The highest BCUT2D eigenvalue weighted by Crippen LogP contribution is 2.70. The number of nitrogens with zero attached hydrogens (tertiary/aromatic N) is 2. The third-order valence-corrected chi connectivity index (χ3v) is 10.3. The van der Waals surface area contributed by atoms with Crippen molar-refractivity contribution in [1.82, 2.24) is 9.97 Å². The van der Waals surface area contributed by atoms with E-state index in [1.54, 1.807) is 12.1 Å². The number of aromatic nitrogens is 2. The normalized spacial score (nSPS) is 13.7. The molecule has 0 radical (unpaired) electrons. The highest BCUT2D eigenvalue weighted by molar-refractivity contribution is 8.89. The molecule has 5 nitrogen and oxygen atoms in total. The van der Waals surface area contributed by atoms with E-state index in [0.29, 0.717) is 24.8 Å². The van der Waals surface area contributed by atoms with Gasteiger partial charge in [-0.3, -0.25) is 4.57 Å². The number of hydrogen-bond acceptors (Lipinski definition) is 7. The Morgan fingerprint density at radius 3 is 2.67 bits per heavy atom. The lowest BCUT2D eigenvalue weighted by Crippen LogP contribution is -2.05. The molecule has 1 aromatic rings. The minimum atomic E-state index is -2.76. The molecule has 0 aliphatic rings. The molecule has 0 amide bonds. The van der Waals surface area contributed by atoms with E-state index in [0.717, 1.165) is 23.7 Å². The zero-order chi connectivity index (χ0) is 18.0. The Morgan fingerprint density at radius 1 is 1.33 bits per heavy atom. The molecular weight excluding hydrogens is 363 g/mol. The molecule has 0 N–H and O–H groups in total. The summed E-state index contributed by atoms with van der Waals surface area (Å²) in [6.07, 6.45) is 2.64. The van der Waals surface area contributed by atoms with Gasteiger partial charge in [-0.05, 0) is 13.3 Å². The molecule has 1 unspecified atom stereocenters. The topological polar surface area (TPSA) is 61.3 Å². The Morgan fingerprint density at radius 2 is 2.08 bits per heavy atom. The standard InChI is InChI=1S/C16H27N2O3PS2/c1-6-9-20-15-11-14(17-16(18-15)13(4)5)12-24-22(19,21-8-3)23-10-7-2/h6,11,13H,1,7-10,12H2,2-5H3. The molecule has 1 atom stereocenters. The summed E-state index contributed by atoms with van der Waals surface area (Å²) in [4.78, 5) is 8.97. The van der Waals surface area contributed by atoms with Gasteiger partial charge >= 0.3 is 5.77 Å². The van der Waals surface area contributed by atoms with Crippen LogP contribution >= 0.6 is 28.5 Å². The fraction of sp³-hybridized carbons (Fsp3) is 0.625. The van der Waals surface area contributed by atoms with E-state index >= 15 is 0 Å². The van der Waals surface area contributed by atoms with Gasteiger partial charge in [0.25, 0.3) is 0 Å². The van der Waals surface area contributed by atoms with E-state index in [9.17, 15) is 4.57 Å². The number of hydrogen-bond donors (Lipinski definition) is 0. The van der Waals surface area contributed by atoms with Crippen LogP contribution in [0.2, 0.25) is 0 Å². The van der Waals surface area contributed by atoms with E-state index in [4.69, 9.17) is 9.26 Å². The van der Waals surface area contributed by atoms with Gasteiger partial charge in [0.2, 0.25) is 5.88 Å². The van der Waals surface area contributed by atoms with Crippen molar-refractivity contribution >= 4 is 28.5 Å². The Balaban J connectivity index is 2.88. The van der Waals surface area contributed by atoms with Crippen molar-refractivity contribution in [3.63, 3.8) is 0 Å². The first-order valence-electron chi connectivity index (χ1n) is 8.09. The Hall–Kier alpha value is -0.490. The molecule has 0 aliphatic carbocycles. The lowest BCUT2D eigenvalue weighted by Gasteiger charge is -2.16. The molecule has 0 bridgehead atoms. The summed E-state index contributed by atoms with van der Waals surface area (Å²) >= 11 is 2.73. The van der Waals surface area contributed by atoms with Crippen molar-refractivity contribution in [3.8, 4) is 5.88 Å². The van der Waals surface area contributed by atoms with Crippen molar-refractivity contribution in [2.75, 3.05) is 19.0 Å². The maximum atomic E-state index is 12.8. The second-order valence-corrected chi connectivity index (χ2v) is 12.8. The maximum absolute atomic E-state index is 12.8. The summed E-state index contributed by atoms with van der Waals surface area (Å²) in [5.74, 6) is -0.00576. The quantitative estimate of drug-likeness (QED) is 0.336. The molecule has 1 rings (SSSR count). The Kier molecular flexibility index (Phi) is 10.0. The second-order valence-electron chi connectivity index (χ2n) is 5.28. The molecule has 0 spiro atoms. The zero-order valence-corrected chi connectivity index (χ0v) is 17.4. The smallest absolute Gasteiger partial charge is 0.313 e. The molecule has 0 fully saturated rings. The van der Waals surface area contributed by atoms with Crippen molar-refractivity contribution in [1.29, 1.82) is 0 Å². The molecule has 8 heteroatoms. The highest BCUT2D eigenvalue weighted by atomic mass is 33.1. The third-order valence-electron chi connectivity index (χ3n) is 2.75. The fourth-order valence-electron chi connectivity index (χ4n) is 1.66. The van der Waals surface area contributed by atoms with Crippen LogP contribution in [0.4, 0.5) is 0 Å². The fourth-order valence-corrected chi connectivity index (χ4v) is 8.25. The van der Waals surface area contributed by atoms with Gasteiger partial charge in [-0.2, -0.15) is 4.98 Å². The maximum Gasteiger partial charge on any atom is 0.313 e. The van der Waals surface area contributed by atoms with Crippen LogP contribution in [-0.4, -0.2) is 28.9 Å². The summed E-state index contributed by atoms with van der Waals surface area (Å²) in [7, 11) is 0. The van der Waals surface area contributed by atoms with Crippen molar-refractivity contribution < 1.29 is 13.8 Å². The van der Waals surface area contributed by atoms with Crippen LogP contribution in [-0.2, 0) is 14.8 Å². The van der Waals surface area contributed by atoms with Crippen LogP contribution < -0.4 is 4.74 Å². The van der Waals surface area contributed by atoms with Crippen LogP contribution in [0, 0.1) is 0 Å². The van der Waals surface area contributed by atoms with Crippen molar-refractivity contribution in [2.24, 2.45) is 0 Å². The molecular formula is C16H27N2O3PS2. The van der Waals surface area contributed by atoms with Gasteiger partial charge in [-0.15, -0.1) is 0 Å². The van der Waals surface area contributed by atoms with E-state index in [2.05, 4.69) is 23.5 Å². The summed E-state index contributed by atoms with van der Waals surface area (Å²) in [5, 5.41) is 0. The molecule has 0 aromatic carbocycles. The zero-order valence-electron chi connectivity index (χ0n) is 14.9. The molecule has 24 heavy (non-hydrogen) atoms.